The van der Waals surface area contributed by atoms with Gasteiger partial charge in [0.25, 0.3) is 0 Å². The van der Waals surface area contributed by atoms with Gasteiger partial charge in [-0.15, -0.1) is 0 Å². The predicted octanol–water partition coefficient (Wildman–Crippen LogP) is 1.69. The number of hydrogen-bond donors (Lipinski definition) is 2. The van der Waals surface area contributed by atoms with Crippen molar-refractivity contribution in [2.24, 2.45) is 11.7 Å². The first-order chi connectivity index (χ1) is 9.27. The highest BCUT2D eigenvalue weighted by Crippen LogP contribution is 2.01. The van der Waals surface area contributed by atoms with Crippen molar-refractivity contribution in [1.29, 1.82) is 0 Å². The van der Waals surface area contributed by atoms with E-state index in [1.807, 2.05) is 37.3 Å². The summed E-state index contributed by atoms with van der Waals surface area (Å²) in [4.78, 5) is 11.6. The molecule has 1 atom stereocenters. The number of nitrogens with two attached hydrogens (primary N) is 1. The molecule has 1 aromatic carbocycles. The van der Waals surface area contributed by atoms with Gasteiger partial charge in [-0.3, -0.25) is 4.79 Å². The van der Waals surface area contributed by atoms with Gasteiger partial charge in [-0.1, -0.05) is 37.3 Å². The molecule has 0 saturated carbocycles. The van der Waals surface area contributed by atoms with Gasteiger partial charge in [-0.2, -0.15) is 0 Å². The number of carbonyl (C=O) groups is 1. The van der Waals surface area contributed by atoms with Crippen LogP contribution in [0.25, 0.3) is 0 Å². The molecule has 1 aromatic rings. The van der Waals surface area contributed by atoms with Gasteiger partial charge < -0.3 is 15.8 Å². The minimum atomic E-state index is -0.0646. The second-order valence-electron chi connectivity index (χ2n) is 4.52. The highest BCUT2D eigenvalue weighted by molar-refractivity contribution is 5.78. The van der Waals surface area contributed by atoms with Gasteiger partial charge >= 0.3 is 0 Å². The lowest BCUT2D eigenvalue weighted by Gasteiger charge is -2.12. The van der Waals surface area contributed by atoms with Crippen LogP contribution >= 0.6 is 0 Å². The maximum atomic E-state index is 11.6. The second kappa shape index (κ2) is 9.53. The summed E-state index contributed by atoms with van der Waals surface area (Å²) in [5.41, 5.74) is 6.68. The number of nitrogens with one attached hydrogen (secondary N) is 1. The monoisotopic (exact) mass is 264 g/mol. The second-order valence-corrected chi connectivity index (χ2v) is 4.52. The first-order valence-electron chi connectivity index (χ1n) is 6.87. The number of rotatable bonds is 9. The van der Waals surface area contributed by atoms with Gasteiger partial charge in [0.15, 0.2) is 0 Å². The molecule has 0 spiro atoms. The van der Waals surface area contributed by atoms with Crippen molar-refractivity contribution in [3.05, 3.63) is 35.9 Å². The largest absolute Gasteiger partial charge is 0.377 e. The summed E-state index contributed by atoms with van der Waals surface area (Å²) >= 11 is 0. The highest BCUT2D eigenvalue weighted by atomic mass is 16.5. The Balaban J connectivity index is 2.04. The van der Waals surface area contributed by atoms with Crippen LogP contribution < -0.4 is 11.1 Å². The van der Waals surface area contributed by atoms with Crippen LogP contribution in [0.1, 0.15) is 25.3 Å². The van der Waals surface area contributed by atoms with E-state index in [2.05, 4.69) is 5.32 Å². The summed E-state index contributed by atoms with van der Waals surface area (Å²) in [7, 11) is 0. The molecule has 0 aromatic heterocycles. The van der Waals surface area contributed by atoms with Gasteiger partial charge in [-0.25, -0.2) is 0 Å². The van der Waals surface area contributed by atoms with Crippen LogP contribution in [0.15, 0.2) is 30.3 Å². The molecule has 19 heavy (non-hydrogen) atoms. The summed E-state index contributed by atoms with van der Waals surface area (Å²) in [5.74, 6) is -0.0155. The van der Waals surface area contributed by atoms with Crippen LogP contribution in [0, 0.1) is 5.92 Å². The molecule has 4 nitrogen and oxygen atoms in total. The zero-order chi connectivity index (χ0) is 13.9. The Kier molecular flexibility index (Phi) is 7.86. The summed E-state index contributed by atoms with van der Waals surface area (Å²) in [6.45, 7) is 4.29. The minimum Gasteiger partial charge on any atom is -0.377 e. The van der Waals surface area contributed by atoms with Crippen molar-refractivity contribution < 1.29 is 9.53 Å². The van der Waals surface area contributed by atoms with E-state index in [1.165, 1.54) is 5.56 Å². The van der Waals surface area contributed by atoms with E-state index in [-0.39, 0.29) is 11.8 Å². The molecule has 0 aliphatic carbocycles. The van der Waals surface area contributed by atoms with E-state index in [4.69, 9.17) is 10.5 Å². The highest BCUT2D eigenvalue weighted by Gasteiger charge is 2.12. The molecular formula is C15H24N2O2. The Hall–Kier alpha value is -1.39. The maximum absolute atomic E-state index is 11.6. The van der Waals surface area contributed by atoms with Crippen molar-refractivity contribution in [3.63, 3.8) is 0 Å². The molecule has 1 unspecified atom stereocenters. The molecule has 0 heterocycles. The van der Waals surface area contributed by atoms with Crippen LogP contribution in [-0.4, -0.2) is 25.6 Å². The van der Waals surface area contributed by atoms with Crippen molar-refractivity contribution in [1.82, 2.24) is 5.32 Å². The van der Waals surface area contributed by atoms with Gasteiger partial charge in [0, 0.05) is 25.6 Å². The van der Waals surface area contributed by atoms with E-state index < -0.39 is 0 Å². The molecule has 106 valence electrons. The minimum absolute atomic E-state index is 0.0491. The van der Waals surface area contributed by atoms with Gasteiger partial charge in [0.1, 0.15) is 0 Å². The van der Waals surface area contributed by atoms with Crippen molar-refractivity contribution in [2.45, 2.75) is 26.4 Å². The van der Waals surface area contributed by atoms with Crippen LogP contribution in [0.3, 0.4) is 0 Å². The lowest BCUT2D eigenvalue weighted by Crippen LogP contribution is -2.35. The lowest BCUT2D eigenvalue weighted by atomic mass is 10.1. The van der Waals surface area contributed by atoms with E-state index in [0.717, 1.165) is 12.8 Å². The SMILES string of the molecule is CCC(CN)C(=O)NCCCOCc1ccccc1. The summed E-state index contributed by atoms with van der Waals surface area (Å²) in [5, 5.41) is 2.88. The first kappa shape index (κ1) is 15.7. The Morgan fingerprint density at radius 3 is 2.74 bits per heavy atom. The van der Waals surface area contributed by atoms with Crippen LogP contribution in [-0.2, 0) is 16.1 Å². The Bertz CT molecular complexity index is 350. The lowest BCUT2D eigenvalue weighted by molar-refractivity contribution is -0.124. The standard InChI is InChI=1S/C15H24N2O2/c1-2-14(11-16)15(18)17-9-6-10-19-12-13-7-4-3-5-8-13/h3-5,7-8,14H,2,6,9-12,16H2,1H3,(H,17,18). The number of carbonyl (C=O) groups excluding carboxylic acids is 1. The predicted molar refractivity (Wildman–Crippen MR) is 76.6 cm³/mol. The third-order valence-electron chi connectivity index (χ3n) is 3.02. The van der Waals surface area contributed by atoms with E-state index >= 15 is 0 Å². The zero-order valence-electron chi connectivity index (χ0n) is 11.6. The molecule has 0 bridgehead atoms. The smallest absolute Gasteiger partial charge is 0.224 e. The molecule has 3 N–H and O–H groups in total. The van der Waals surface area contributed by atoms with E-state index in [0.29, 0.717) is 26.3 Å². The number of ether oxygens (including phenoxy) is 1. The Labute approximate surface area is 115 Å². The van der Waals surface area contributed by atoms with Crippen molar-refractivity contribution in [3.8, 4) is 0 Å². The fourth-order valence-corrected chi connectivity index (χ4v) is 1.75. The fraction of sp³-hybridized carbons (Fsp3) is 0.533. The topological polar surface area (TPSA) is 64.4 Å². The summed E-state index contributed by atoms with van der Waals surface area (Å²) in [6.07, 6.45) is 1.60. The molecule has 0 fully saturated rings. The molecule has 0 aliphatic heterocycles. The fourth-order valence-electron chi connectivity index (χ4n) is 1.75. The average Bonchev–Trinajstić information content (AvgIpc) is 2.45. The van der Waals surface area contributed by atoms with Gasteiger partial charge in [0.2, 0.25) is 5.91 Å². The van der Waals surface area contributed by atoms with Gasteiger partial charge in [0.05, 0.1) is 6.61 Å². The molecule has 4 heteroatoms. The molecule has 1 amide bonds. The normalized spacial score (nSPS) is 12.1. The molecule has 0 radical (unpaired) electrons. The van der Waals surface area contributed by atoms with E-state index in [1.54, 1.807) is 0 Å². The van der Waals surface area contributed by atoms with Gasteiger partial charge in [-0.05, 0) is 18.4 Å². The van der Waals surface area contributed by atoms with E-state index in [9.17, 15) is 4.79 Å². The molecule has 1 rings (SSSR count). The Morgan fingerprint density at radius 2 is 2.11 bits per heavy atom. The number of hydrogen-bond acceptors (Lipinski definition) is 3. The third kappa shape index (κ3) is 6.36. The molecule has 0 aliphatic rings. The van der Waals surface area contributed by atoms with Crippen molar-refractivity contribution in [2.75, 3.05) is 19.7 Å². The first-order valence-corrected chi connectivity index (χ1v) is 6.87. The summed E-state index contributed by atoms with van der Waals surface area (Å²) in [6, 6.07) is 10.1. The van der Waals surface area contributed by atoms with Crippen LogP contribution in [0.4, 0.5) is 0 Å². The maximum Gasteiger partial charge on any atom is 0.224 e. The molecule has 0 saturated heterocycles. The number of benzene rings is 1. The third-order valence-corrected chi connectivity index (χ3v) is 3.02. The van der Waals surface area contributed by atoms with Crippen molar-refractivity contribution >= 4 is 5.91 Å². The summed E-state index contributed by atoms with van der Waals surface area (Å²) < 4.78 is 5.54. The molecular weight excluding hydrogens is 240 g/mol. The Morgan fingerprint density at radius 1 is 1.37 bits per heavy atom. The number of amides is 1. The van der Waals surface area contributed by atoms with Crippen LogP contribution in [0.5, 0.6) is 0 Å². The van der Waals surface area contributed by atoms with Crippen LogP contribution in [0.2, 0.25) is 0 Å². The average molecular weight is 264 g/mol. The quantitative estimate of drug-likeness (QED) is 0.667. The zero-order valence-corrected chi connectivity index (χ0v) is 11.6.